The van der Waals surface area contributed by atoms with Gasteiger partial charge in [0.05, 0.1) is 12.2 Å². The van der Waals surface area contributed by atoms with Gasteiger partial charge in [-0.05, 0) is 71.1 Å². The predicted octanol–water partition coefficient (Wildman–Crippen LogP) is 6.99. The molecule has 0 bridgehead atoms. The Morgan fingerprint density at radius 1 is 1.00 bits per heavy atom. The molecule has 0 atom stereocenters. The third-order valence-electron chi connectivity index (χ3n) is 5.41. The smallest absolute Gasteiger partial charge is 0.255 e. The first-order valence-corrected chi connectivity index (χ1v) is 12.2. The molecule has 174 valence electrons. The standard InChI is InChI=1S/C27H27ClN4OS/c1-18-9-11-19(12-10-18)17-32-26(30-25(28)31-32)34-23-8-6-5-7-22(23)29-24(33)20-13-15-21(16-14-20)27(2,3)4/h5-16H,17H2,1-4H3,(H,29,33). The Bertz CT molecular complexity index is 1290. The first-order valence-electron chi connectivity index (χ1n) is 11.0. The van der Waals surface area contributed by atoms with E-state index >= 15 is 0 Å². The Hall–Kier alpha value is -3.09. The van der Waals surface area contributed by atoms with Gasteiger partial charge < -0.3 is 5.32 Å². The van der Waals surface area contributed by atoms with Crippen LogP contribution in [0.2, 0.25) is 5.28 Å². The molecule has 4 aromatic rings. The zero-order chi connectivity index (χ0) is 24.3. The lowest BCUT2D eigenvalue weighted by atomic mass is 9.87. The molecule has 34 heavy (non-hydrogen) atoms. The van der Waals surface area contributed by atoms with Gasteiger partial charge in [-0.2, -0.15) is 4.98 Å². The van der Waals surface area contributed by atoms with Gasteiger partial charge in [-0.25, -0.2) is 4.68 Å². The minimum Gasteiger partial charge on any atom is -0.321 e. The number of nitrogens with one attached hydrogen (secondary N) is 1. The van der Waals surface area contributed by atoms with Crippen LogP contribution in [0.25, 0.3) is 0 Å². The van der Waals surface area contributed by atoms with Crippen molar-refractivity contribution in [1.29, 1.82) is 0 Å². The number of amides is 1. The monoisotopic (exact) mass is 490 g/mol. The number of carbonyl (C=O) groups excluding carboxylic acids is 1. The Kier molecular flexibility index (Phi) is 7.10. The summed E-state index contributed by atoms with van der Waals surface area (Å²) in [4.78, 5) is 18.2. The molecule has 7 heteroatoms. The lowest BCUT2D eigenvalue weighted by Gasteiger charge is -2.19. The molecule has 0 spiro atoms. The lowest BCUT2D eigenvalue weighted by Crippen LogP contribution is -2.14. The molecule has 0 unspecified atom stereocenters. The topological polar surface area (TPSA) is 59.8 Å². The molecule has 0 radical (unpaired) electrons. The van der Waals surface area contributed by atoms with E-state index in [1.807, 2.05) is 48.5 Å². The second kappa shape index (κ2) is 10.0. The second-order valence-electron chi connectivity index (χ2n) is 9.19. The molecule has 1 heterocycles. The molecular weight excluding hydrogens is 464 g/mol. The Morgan fingerprint density at radius 2 is 1.68 bits per heavy atom. The number of hydrogen-bond donors (Lipinski definition) is 1. The minimum atomic E-state index is -0.160. The van der Waals surface area contributed by atoms with E-state index in [2.05, 4.69) is 67.4 Å². The van der Waals surface area contributed by atoms with Crippen molar-refractivity contribution >= 4 is 35.0 Å². The van der Waals surface area contributed by atoms with Crippen LogP contribution in [0, 0.1) is 6.92 Å². The molecule has 0 aliphatic heterocycles. The van der Waals surface area contributed by atoms with Crippen molar-refractivity contribution in [3.05, 3.63) is 100 Å². The molecule has 0 fully saturated rings. The summed E-state index contributed by atoms with van der Waals surface area (Å²) >= 11 is 7.56. The molecule has 5 nitrogen and oxygen atoms in total. The van der Waals surface area contributed by atoms with E-state index in [9.17, 15) is 4.79 Å². The van der Waals surface area contributed by atoms with E-state index in [-0.39, 0.29) is 16.6 Å². The highest BCUT2D eigenvalue weighted by atomic mass is 35.5. The highest BCUT2D eigenvalue weighted by molar-refractivity contribution is 7.99. The number of hydrogen-bond acceptors (Lipinski definition) is 4. The van der Waals surface area contributed by atoms with Crippen LogP contribution in [-0.2, 0) is 12.0 Å². The summed E-state index contributed by atoms with van der Waals surface area (Å²) in [7, 11) is 0. The average Bonchev–Trinajstić information content (AvgIpc) is 3.14. The number of para-hydroxylation sites is 1. The summed E-state index contributed by atoms with van der Waals surface area (Å²) < 4.78 is 1.78. The third-order valence-corrected chi connectivity index (χ3v) is 6.64. The summed E-state index contributed by atoms with van der Waals surface area (Å²) in [5.41, 5.74) is 4.84. The van der Waals surface area contributed by atoms with Crippen LogP contribution in [0.15, 0.2) is 82.8 Å². The van der Waals surface area contributed by atoms with Gasteiger partial charge in [0, 0.05) is 10.5 Å². The maximum absolute atomic E-state index is 12.9. The van der Waals surface area contributed by atoms with Crippen LogP contribution >= 0.6 is 23.4 Å². The first kappa shape index (κ1) is 24.0. The highest BCUT2D eigenvalue weighted by Crippen LogP contribution is 2.33. The highest BCUT2D eigenvalue weighted by Gasteiger charge is 2.17. The largest absolute Gasteiger partial charge is 0.321 e. The van der Waals surface area contributed by atoms with E-state index in [4.69, 9.17) is 11.6 Å². The zero-order valence-corrected chi connectivity index (χ0v) is 21.2. The van der Waals surface area contributed by atoms with E-state index in [1.165, 1.54) is 22.9 Å². The number of halogens is 1. The fraction of sp³-hybridized carbons (Fsp3) is 0.222. The van der Waals surface area contributed by atoms with E-state index in [1.54, 1.807) is 4.68 Å². The van der Waals surface area contributed by atoms with Crippen LogP contribution in [-0.4, -0.2) is 20.7 Å². The van der Waals surface area contributed by atoms with Crippen LogP contribution in [0.4, 0.5) is 5.69 Å². The number of anilines is 1. The van der Waals surface area contributed by atoms with Crippen molar-refractivity contribution in [2.45, 2.75) is 49.7 Å². The quantitative estimate of drug-likeness (QED) is 0.316. The summed E-state index contributed by atoms with van der Waals surface area (Å²) in [6.07, 6.45) is 0. The number of aryl methyl sites for hydroxylation is 1. The second-order valence-corrected chi connectivity index (χ2v) is 10.5. The van der Waals surface area contributed by atoms with E-state index in [0.717, 1.165) is 10.5 Å². The van der Waals surface area contributed by atoms with Crippen molar-refractivity contribution < 1.29 is 4.79 Å². The summed E-state index contributed by atoms with van der Waals surface area (Å²) in [6.45, 7) is 9.07. The lowest BCUT2D eigenvalue weighted by molar-refractivity contribution is 0.102. The maximum Gasteiger partial charge on any atom is 0.255 e. The van der Waals surface area contributed by atoms with Crippen molar-refractivity contribution in [2.24, 2.45) is 0 Å². The molecule has 0 aliphatic rings. The molecule has 1 N–H and O–H groups in total. The van der Waals surface area contributed by atoms with Gasteiger partial charge in [-0.1, -0.05) is 74.9 Å². The van der Waals surface area contributed by atoms with Gasteiger partial charge in [0.1, 0.15) is 0 Å². The van der Waals surface area contributed by atoms with Gasteiger partial charge >= 0.3 is 0 Å². The van der Waals surface area contributed by atoms with E-state index in [0.29, 0.717) is 23.0 Å². The van der Waals surface area contributed by atoms with Gasteiger partial charge in [0.15, 0.2) is 5.16 Å². The number of nitrogens with zero attached hydrogens (tertiary/aromatic N) is 3. The van der Waals surface area contributed by atoms with Crippen molar-refractivity contribution in [2.75, 3.05) is 5.32 Å². The molecule has 0 saturated heterocycles. The number of rotatable bonds is 6. The zero-order valence-electron chi connectivity index (χ0n) is 19.7. The SMILES string of the molecule is Cc1ccc(Cn2nc(Cl)nc2Sc2ccccc2NC(=O)c2ccc(C(C)(C)C)cc2)cc1. The van der Waals surface area contributed by atoms with Crippen LogP contribution in [0.5, 0.6) is 0 Å². The molecule has 0 aliphatic carbocycles. The van der Waals surface area contributed by atoms with E-state index < -0.39 is 0 Å². The number of aromatic nitrogens is 3. The molecule has 3 aromatic carbocycles. The molecule has 4 rings (SSSR count). The predicted molar refractivity (Wildman–Crippen MR) is 139 cm³/mol. The van der Waals surface area contributed by atoms with Crippen molar-refractivity contribution in [3.8, 4) is 0 Å². The van der Waals surface area contributed by atoms with Gasteiger partial charge in [-0.15, -0.1) is 5.10 Å². The Balaban J connectivity index is 1.53. The van der Waals surface area contributed by atoms with Gasteiger partial charge in [0.2, 0.25) is 5.28 Å². The fourth-order valence-electron chi connectivity index (χ4n) is 3.42. The normalized spacial score (nSPS) is 11.4. The maximum atomic E-state index is 12.9. The summed E-state index contributed by atoms with van der Waals surface area (Å²) in [5.74, 6) is -0.160. The van der Waals surface area contributed by atoms with Crippen LogP contribution in [0.1, 0.15) is 47.8 Å². The van der Waals surface area contributed by atoms with Gasteiger partial charge in [0.25, 0.3) is 5.91 Å². The average molecular weight is 491 g/mol. The van der Waals surface area contributed by atoms with Gasteiger partial charge in [-0.3, -0.25) is 4.79 Å². The summed E-state index contributed by atoms with van der Waals surface area (Å²) in [6, 6.07) is 23.7. The molecule has 0 saturated carbocycles. The molecular formula is C27H27ClN4OS. The number of benzene rings is 3. The van der Waals surface area contributed by atoms with Crippen LogP contribution < -0.4 is 5.32 Å². The minimum absolute atomic E-state index is 0.0358. The van der Waals surface area contributed by atoms with Crippen molar-refractivity contribution in [3.63, 3.8) is 0 Å². The third kappa shape index (κ3) is 5.88. The molecule has 1 amide bonds. The Morgan fingerprint density at radius 3 is 2.35 bits per heavy atom. The Labute approximate surface area is 209 Å². The fourth-order valence-corrected chi connectivity index (χ4v) is 4.56. The van der Waals surface area contributed by atoms with Crippen molar-refractivity contribution in [1.82, 2.24) is 14.8 Å². The summed E-state index contributed by atoms with van der Waals surface area (Å²) in [5, 5.41) is 8.24. The first-order chi connectivity index (χ1) is 16.2. The number of carbonyl (C=O) groups is 1. The van der Waals surface area contributed by atoms with Crippen LogP contribution in [0.3, 0.4) is 0 Å². The molecule has 1 aromatic heterocycles.